The van der Waals surface area contributed by atoms with E-state index in [9.17, 15) is 13.2 Å². The van der Waals surface area contributed by atoms with Crippen molar-refractivity contribution in [2.45, 2.75) is 23.5 Å². The molecular weight excluding hydrogens is 438 g/mol. The molecule has 1 aromatic heterocycles. The number of sulfonamides is 1. The van der Waals surface area contributed by atoms with Crippen molar-refractivity contribution in [3.63, 3.8) is 0 Å². The number of rotatable bonds is 9. The van der Waals surface area contributed by atoms with E-state index < -0.39 is 10.0 Å². The number of carbonyl (C=O) groups is 1. The van der Waals surface area contributed by atoms with Crippen LogP contribution in [0.25, 0.3) is 0 Å². The van der Waals surface area contributed by atoms with Crippen molar-refractivity contribution in [2.24, 2.45) is 7.05 Å². The molecule has 31 heavy (non-hydrogen) atoms. The first-order valence-corrected chi connectivity index (χ1v) is 11.8. The fourth-order valence-electron chi connectivity index (χ4n) is 2.59. The van der Waals surface area contributed by atoms with Crippen molar-refractivity contribution in [1.82, 2.24) is 19.5 Å². The Morgan fingerprint density at radius 2 is 1.77 bits per heavy atom. The smallest absolute Gasteiger partial charge is 0.240 e. The van der Waals surface area contributed by atoms with Gasteiger partial charge in [-0.05, 0) is 43.3 Å². The van der Waals surface area contributed by atoms with Crippen LogP contribution in [-0.2, 0) is 28.4 Å². The number of aryl methyl sites for hydroxylation is 1. The number of ether oxygens (including phenoxy) is 1. The molecule has 0 aliphatic carbocycles. The van der Waals surface area contributed by atoms with Gasteiger partial charge in [-0.25, -0.2) is 13.1 Å². The lowest BCUT2D eigenvalue weighted by Gasteiger charge is -2.08. The Balaban J connectivity index is 1.54. The average molecular weight is 462 g/mol. The summed E-state index contributed by atoms with van der Waals surface area (Å²) in [7, 11) is -0.361. The van der Waals surface area contributed by atoms with Gasteiger partial charge in [0, 0.05) is 12.7 Å². The summed E-state index contributed by atoms with van der Waals surface area (Å²) in [4.78, 5) is 12.4. The molecule has 1 amide bonds. The standard InChI is InChI=1S/C20H23N5O4S2/c1-14-4-10-17(11-5-14)31(27,28)21-12-18-23-24-20(25(18)2)30-13-19(26)22-15-6-8-16(29-3)9-7-15/h4-11,21H,12-13H2,1-3H3,(H,22,26). The molecule has 0 aliphatic rings. The molecule has 0 spiro atoms. The van der Waals surface area contributed by atoms with E-state index in [1.54, 1.807) is 67.3 Å². The van der Waals surface area contributed by atoms with Crippen LogP contribution in [0.2, 0.25) is 0 Å². The largest absolute Gasteiger partial charge is 0.497 e. The Kier molecular flexibility index (Phi) is 7.31. The Hall–Kier alpha value is -2.89. The number of hydrogen-bond acceptors (Lipinski definition) is 7. The molecule has 0 fully saturated rings. The molecule has 9 nitrogen and oxygen atoms in total. The van der Waals surface area contributed by atoms with E-state index in [0.717, 1.165) is 5.56 Å². The molecule has 0 unspecified atom stereocenters. The summed E-state index contributed by atoms with van der Waals surface area (Å²) >= 11 is 1.21. The topological polar surface area (TPSA) is 115 Å². The maximum Gasteiger partial charge on any atom is 0.240 e. The minimum Gasteiger partial charge on any atom is -0.497 e. The van der Waals surface area contributed by atoms with Crippen molar-refractivity contribution in [2.75, 3.05) is 18.2 Å². The van der Waals surface area contributed by atoms with Gasteiger partial charge in [0.05, 0.1) is 24.3 Å². The zero-order valence-corrected chi connectivity index (χ0v) is 19.0. The first kappa shape index (κ1) is 22.8. The zero-order chi connectivity index (χ0) is 22.4. The predicted octanol–water partition coefficient (Wildman–Crippen LogP) is 2.34. The van der Waals surface area contributed by atoms with Crippen LogP contribution in [0.15, 0.2) is 58.6 Å². The van der Waals surface area contributed by atoms with Gasteiger partial charge in [0.1, 0.15) is 11.6 Å². The maximum atomic E-state index is 12.4. The van der Waals surface area contributed by atoms with Crippen LogP contribution in [0.1, 0.15) is 11.4 Å². The molecule has 1 heterocycles. The van der Waals surface area contributed by atoms with Crippen molar-refractivity contribution in [3.8, 4) is 5.75 Å². The Labute approximate surface area is 185 Å². The number of carbonyl (C=O) groups excluding carboxylic acids is 1. The fourth-order valence-corrected chi connectivity index (χ4v) is 4.30. The molecule has 2 aromatic carbocycles. The van der Waals surface area contributed by atoms with Gasteiger partial charge in [0.2, 0.25) is 15.9 Å². The van der Waals surface area contributed by atoms with Crippen molar-refractivity contribution in [3.05, 3.63) is 59.9 Å². The minimum absolute atomic E-state index is 0.0156. The summed E-state index contributed by atoms with van der Waals surface area (Å²) in [6.45, 7) is 1.87. The Morgan fingerprint density at radius 1 is 1.10 bits per heavy atom. The lowest BCUT2D eigenvalue weighted by molar-refractivity contribution is -0.113. The summed E-state index contributed by atoms with van der Waals surface area (Å²) < 4.78 is 34.1. The third-order valence-corrected chi connectivity index (χ3v) is 6.82. The Bertz CT molecular complexity index is 1140. The van der Waals surface area contributed by atoms with Crippen molar-refractivity contribution < 1.29 is 17.9 Å². The SMILES string of the molecule is COc1ccc(NC(=O)CSc2nnc(CNS(=O)(=O)c3ccc(C)cc3)n2C)cc1. The number of methoxy groups -OCH3 is 1. The van der Waals surface area contributed by atoms with E-state index in [0.29, 0.717) is 22.4 Å². The van der Waals surface area contributed by atoms with Gasteiger partial charge in [-0.15, -0.1) is 10.2 Å². The first-order chi connectivity index (χ1) is 14.8. The van der Waals surface area contributed by atoms with Gasteiger partial charge >= 0.3 is 0 Å². The number of nitrogens with one attached hydrogen (secondary N) is 2. The van der Waals surface area contributed by atoms with Crippen molar-refractivity contribution in [1.29, 1.82) is 0 Å². The highest BCUT2D eigenvalue weighted by Gasteiger charge is 2.17. The first-order valence-electron chi connectivity index (χ1n) is 9.30. The highest BCUT2D eigenvalue weighted by atomic mass is 32.2. The molecule has 0 atom stereocenters. The van der Waals surface area contributed by atoms with Gasteiger partial charge < -0.3 is 14.6 Å². The molecule has 0 radical (unpaired) electrons. The quantitative estimate of drug-likeness (QED) is 0.470. The second kappa shape index (κ2) is 9.94. The lowest BCUT2D eigenvalue weighted by atomic mass is 10.2. The van der Waals surface area contributed by atoms with Gasteiger partial charge in [-0.2, -0.15) is 0 Å². The minimum atomic E-state index is -3.66. The molecular formula is C20H23N5O4S2. The van der Waals surface area contributed by atoms with Crippen LogP contribution in [0.4, 0.5) is 5.69 Å². The van der Waals surface area contributed by atoms with Crippen LogP contribution < -0.4 is 14.8 Å². The van der Waals surface area contributed by atoms with E-state index >= 15 is 0 Å². The van der Waals surface area contributed by atoms with Crippen LogP contribution in [0, 0.1) is 6.92 Å². The van der Waals surface area contributed by atoms with Crippen LogP contribution in [0.5, 0.6) is 5.75 Å². The summed E-state index contributed by atoms with van der Waals surface area (Å²) in [6, 6.07) is 13.6. The summed E-state index contributed by atoms with van der Waals surface area (Å²) in [6.07, 6.45) is 0. The molecule has 2 N–H and O–H groups in total. The van der Waals surface area contributed by atoms with Crippen LogP contribution >= 0.6 is 11.8 Å². The molecule has 0 saturated carbocycles. The fraction of sp³-hybridized carbons (Fsp3) is 0.250. The number of nitrogens with zero attached hydrogens (tertiary/aromatic N) is 3. The summed E-state index contributed by atoms with van der Waals surface area (Å²) in [5.74, 6) is 1.08. The lowest BCUT2D eigenvalue weighted by Crippen LogP contribution is -2.24. The molecule has 164 valence electrons. The molecule has 11 heteroatoms. The number of benzene rings is 2. The highest BCUT2D eigenvalue weighted by molar-refractivity contribution is 7.99. The third kappa shape index (κ3) is 6.06. The normalized spacial score (nSPS) is 11.3. The van der Waals surface area contributed by atoms with Gasteiger partial charge in [-0.1, -0.05) is 29.5 Å². The molecule has 3 rings (SSSR count). The van der Waals surface area contributed by atoms with E-state index in [-0.39, 0.29) is 23.1 Å². The predicted molar refractivity (Wildman–Crippen MR) is 119 cm³/mol. The second-order valence-electron chi connectivity index (χ2n) is 6.66. The number of aromatic nitrogens is 3. The number of hydrogen-bond donors (Lipinski definition) is 2. The molecule has 0 aliphatic heterocycles. The molecule has 0 saturated heterocycles. The third-order valence-electron chi connectivity index (χ3n) is 4.38. The van der Waals surface area contributed by atoms with E-state index in [1.807, 2.05) is 6.92 Å². The average Bonchev–Trinajstić information content (AvgIpc) is 3.11. The molecule has 0 bridgehead atoms. The van der Waals surface area contributed by atoms with E-state index in [4.69, 9.17) is 4.74 Å². The van der Waals surface area contributed by atoms with Gasteiger partial charge in [0.25, 0.3) is 0 Å². The maximum absolute atomic E-state index is 12.4. The van der Waals surface area contributed by atoms with Gasteiger partial charge in [0.15, 0.2) is 5.16 Å². The highest BCUT2D eigenvalue weighted by Crippen LogP contribution is 2.18. The summed E-state index contributed by atoms with van der Waals surface area (Å²) in [5, 5.41) is 11.4. The van der Waals surface area contributed by atoms with E-state index in [2.05, 4.69) is 20.2 Å². The molecule has 3 aromatic rings. The second-order valence-corrected chi connectivity index (χ2v) is 9.37. The van der Waals surface area contributed by atoms with Gasteiger partial charge in [-0.3, -0.25) is 4.79 Å². The monoisotopic (exact) mass is 461 g/mol. The van der Waals surface area contributed by atoms with Crippen LogP contribution in [-0.4, -0.2) is 42.0 Å². The van der Waals surface area contributed by atoms with Crippen molar-refractivity contribution >= 4 is 33.4 Å². The zero-order valence-electron chi connectivity index (χ0n) is 17.3. The summed E-state index contributed by atoms with van der Waals surface area (Å²) in [5.41, 5.74) is 1.64. The van der Waals surface area contributed by atoms with Crippen LogP contribution in [0.3, 0.4) is 0 Å². The Morgan fingerprint density at radius 3 is 2.42 bits per heavy atom. The number of thioether (sulfide) groups is 1. The number of anilines is 1. The number of amides is 1. The van der Waals surface area contributed by atoms with E-state index in [1.165, 1.54) is 11.8 Å².